The first-order valence-electron chi connectivity index (χ1n) is 2.32. The summed E-state index contributed by atoms with van der Waals surface area (Å²) in [5.41, 5.74) is 0. The van der Waals surface area contributed by atoms with E-state index in [1.165, 1.54) is 0 Å². The first kappa shape index (κ1) is 12.2. The van der Waals surface area contributed by atoms with Crippen LogP contribution in [-0.2, 0) is 4.79 Å². The van der Waals surface area contributed by atoms with Gasteiger partial charge in [0.25, 0.3) is 0 Å². The van der Waals surface area contributed by atoms with Gasteiger partial charge in [-0.2, -0.15) is 0 Å². The molecule has 0 saturated carbocycles. The van der Waals surface area contributed by atoms with E-state index in [9.17, 15) is 9.90 Å². The Morgan fingerprint density at radius 2 is 2.00 bits per heavy atom. The Labute approximate surface area is 108 Å². The molecular formula is C5H9CsO2. The van der Waals surface area contributed by atoms with E-state index in [1.807, 2.05) is 13.8 Å². The molecule has 0 atom stereocenters. The van der Waals surface area contributed by atoms with Gasteiger partial charge in [-0.1, -0.05) is 13.8 Å². The minimum absolute atomic E-state index is 0. The number of aliphatic carboxylic acids is 1. The van der Waals surface area contributed by atoms with Gasteiger partial charge in [-0.25, -0.2) is 0 Å². The van der Waals surface area contributed by atoms with E-state index in [0.29, 0.717) is 0 Å². The van der Waals surface area contributed by atoms with Gasteiger partial charge in [0.15, 0.2) is 0 Å². The molecule has 0 aromatic heterocycles. The van der Waals surface area contributed by atoms with Crippen LogP contribution in [0.25, 0.3) is 0 Å². The number of rotatable bonds is 2. The van der Waals surface area contributed by atoms with Gasteiger partial charge < -0.3 is 9.90 Å². The van der Waals surface area contributed by atoms with Crippen molar-refractivity contribution in [3.8, 4) is 0 Å². The number of carbonyl (C=O) groups excluding carboxylic acids is 1. The summed E-state index contributed by atoms with van der Waals surface area (Å²) in [6.45, 7) is 3.69. The van der Waals surface area contributed by atoms with Crippen molar-refractivity contribution in [1.82, 2.24) is 0 Å². The third-order valence-corrected chi connectivity index (χ3v) is 0.575. The van der Waals surface area contributed by atoms with Gasteiger partial charge in [0.05, 0.1) is 0 Å². The van der Waals surface area contributed by atoms with Crippen LogP contribution in [0.4, 0.5) is 0 Å². The molecule has 0 N–H and O–H groups in total. The second kappa shape index (κ2) is 6.64. The molecule has 0 amide bonds. The first-order chi connectivity index (χ1) is 3.13. The SMILES string of the molecule is CC(C)CC(=O)[O-].[Cs+]. The van der Waals surface area contributed by atoms with Crippen molar-refractivity contribution >= 4 is 5.97 Å². The summed E-state index contributed by atoms with van der Waals surface area (Å²) in [5.74, 6) is -0.750. The minimum Gasteiger partial charge on any atom is -0.550 e. The number of carboxylic acids is 1. The van der Waals surface area contributed by atoms with Crippen LogP contribution < -0.4 is 74.0 Å². The van der Waals surface area contributed by atoms with Gasteiger partial charge in [0, 0.05) is 5.97 Å². The van der Waals surface area contributed by atoms with Crippen molar-refractivity contribution in [2.45, 2.75) is 20.3 Å². The Bertz CT molecular complexity index is 70.8. The van der Waals surface area contributed by atoms with Crippen LogP contribution in [0.3, 0.4) is 0 Å². The van der Waals surface area contributed by atoms with Crippen molar-refractivity contribution in [1.29, 1.82) is 0 Å². The molecule has 2 nitrogen and oxygen atoms in total. The van der Waals surface area contributed by atoms with E-state index in [4.69, 9.17) is 0 Å². The topological polar surface area (TPSA) is 40.1 Å². The first-order valence-corrected chi connectivity index (χ1v) is 2.32. The molecule has 0 radical (unpaired) electrons. The summed E-state index contributed by atoms with van der Waals surface area (Å²) >= 11 is 0. The van der Waals surface area contributed by atoms with E-state index >= 15 is 0 Å². The van der Waals surface area contributed by atoms with Crippen LogP contribution in [0.15, 0.2) is 0 Å². The molecular weight excluding hydrogens is 225 g/mol. The van der Waals surface area contributed by atoms with Gasteiger partial charge in [0.1, 0.15) is 0 Å². The summed E-state index contributed by atoms with van der Waals surface area (Å²) in [6.07, 6.45) is 0.167. The van der Waals surface area contributed by atoms with Gasteiger partial charge in [-0.3, -0.25) is 0 Å². The smallest absolute Gasteiger partial charge is 0.550 e. The fourth-order valence-electron chi connectivity index (χ4n) is 0.333. The third-order valence-electron chi connectivity index (χ3n) is 0.575. The van der Waals surface area contributed by atoms with Crippen LogP contribution in [0.2, 0.25) is 0 Å². The quantitative estimate of drug-likeness (QED) is 0.504. The fraction of sp³-hybridized carbons (Fsp3) is 0.800. The standard InChI is InChI=1S/C5H10O2.Cs/c1-4(2)3-5(6)7;/h4H,3H2,1-2H3,(H,6,7);/q;+1/p-1. The Morgan fingerprint density at radius 3 is 2.00 bits per heavy atom. The Balaban J connectivity index is 0. The van der Waals surface area contributed by atoms with Crippen molar-refractivity contribution < 1.29 is 78.8 Å². The molecule has 0 aliphatic rings. The van der Waals surface area contributed by atoms with Crippen molar-refractivity contribution in [2.24, 2.45) is 5.92 Å². The summed E-state index contributed by atoms with van der Waals surface area (Å²) in [6, 6.07) is 0. The van der Waals surface area contributed by atoms with Gasteiger partial charge in [0.2, 0.25) is 0 Å². The molecule has 0 aromatic carbocycles. The predicted octanol–water partition coefficient (Wildman–Crippen LogP) is -3.21. The van der Waals surface area contributed by atoms with Crippen molar-refractivity contribution in [2.75, 3.05) is 0 Å². The molecule has 0 bridgehead atoms. The van der Waals surface area contributed by atoms with E-state index in [1.54, 1.807) is 0 Å². The van der Waals surface area contributed by atoms with Crippen LogP contribution in [-0.4, -0.2) is 5.97 Å². The number of hydrogen-bond donors (Lipinski definition) is 0. The molecule has 0 unspecified atom stereocenters. The Morgan fingerprint density at radius 1 is 1.62 bits per heavy atom. The van der Waals surface area contributed by atoms with E-state index < -0.39 is 5.97 Å². The van der Waals surface area contributed by atoms with Gasteiger partial charge in [-0.05, 0) is 12.3 Å². The van der Waals surface area contributed by atoms with Gasteiger partial charge in [-0.15, -0.1) is 0 Å². The van der Waals surface area contributed by atoms with Crippen LogP contribution in [0.1, 0.15) is 20.3 Å². The van der Waals surface area contributed by atoms with Crippen molar-refractivity contribution in [3.05, 3.63) is 0 Å². The second-order valence-electron chi connectivity index (χ2n) is 1.97. The zero-order valence-electron chi connectivity index (χ0n) is 5.60. The molecule has 42 valence electrons. The molecule has 0 aromatic rings. The Kier molecular flexibility index (Phi) is 10.1. The fourth-order valence-corrected chi connectivity index (χ4v) is 0.333. The van der Waals surface area contributed by atoms with Crippen LogP contribution in [0.5, 0.6) is 0 Å². The molecule has 0 spiro atoms. The van der Waals surface area contributed by atoms with E-state index in [-0.39, 0.29) is 81.2 Å². The van der Waals surface area contributed by atoms with E-state index in [0.717, 1.165) is 0 Å². The molecule has 0 heterocycles. The average Bonchev–Trinajstić information content (AvgIpc) is 1.27. The maximum atomic E-state index is 9.70. The molecule has 0 aliphatic heterocycles. The zero-order valence-corrected chi connectivity index (χ0v) is 11.9. The monoisotopic (exact) mass is 234 g/mol. The maximum Gasteiger partial charge on any atom is 1.00 e. The summed E-state index contributed by atoms with van der Waals surface area (Å²) in [7, 11) is 0. The van der Waals surface area contributed by atoms with Crippen molar-refractivity contribution in [3.63, 3.8) is 0 Å². The molecule has 3 heteroatoms. The minimum atomic E-state index is -0.963. The summed E-state index contributed by atoms with van der Waals surface area (Å²) < 4.78 is 0. The molecule has 0 aliphatic carbocycles. The zero-order chi connectivity index (χ0) is 5.86. The number of carboxylic acid groups (broad SMARTS) is 1. The largest absolute Gasteiger partial charge is 1.00 e. The van der Waals surface area contributed by atoms with Crippen LogP contribution >= 0.6 is 0 Å². The molecule has 0 saturated heterocycles. The Hall–Kier alpha value is 1.52. The number of carbonyl (C=O) groups is 1. The third kappa shape index (κ3) is 10.5. The van der Waals surface area contributed by atoms with Gasteiger partial charge >= 0.3 is 68.9 Å². The molecule has 8 heavy (non-hydrogen) atoms. The van der Waals surface area contributed by atoms with Crippen LogP contribution in [0, 0.1) is 5.92 Å². The molecule has 0 rings (SSSR count). The summed E-state index contributed by atoms with van der Waals surface area (Å²) in [5, 5.41) is 9.70. The summed E-state index contributed by atoms with van der Waals surface area (Å²) in [4.78, 5) is 9.70. The average molecular weight is 234 g/mol. The number of hydrogen-bond acceptors (Lipinski definition) is 2. The second-order valence-corrected chi connectivity index (χ2v) is 1.97. The molecule has 0 fully saturated rings. The predicted molar refractivity (Wildman–Crippen MR) is 24.5 cm³/mol. The van der Waals surface area contributed by atoms with E-state index in [2.05, 4.69) is 0 Å². The normalized spacial score (nSPS) is 8.38. The maximum absolute atomic E-state index is 9.70.